The van der Waals surface area contributed by atoms with Crippen molar-refractivity contribution in [2.45, 2.75) is 39.3 Å². The second-order valence-corrected chi connectivity index (χ2v) is 6.48. The summed E-state index contributed by atoms with van der Waals surface area (Å²) in [6.45, 7) is 6.04. The van der Waals surface area contributed by atoms with Crippen LogP contribution in [0.2, 0.25) is 0 Å². The molecular weight excluding hydrogens is 292 g/mol. The lowest BCUT2D eigenvalue weighted by Gasteiger charge is -2.29. The van der Waals surface area contributed by atoms with Crippen molar-refractivity contribution in [3.8, 4) is 5.88 Å². The molecule has 23 heavy (non-hydrogen) atoms. The quantitative estimate of drug-likeness (QED) is 0.853. The number of fused-ring (bicyclic) bond motifs is 2. The number of carbonyl (C=O) groups excluding carboxylic acids is 1. The molecule has 1 unspecified atom stereocenters. The molecule has 1 atom stereocenters. The number of aryl methyl sites for hydroxylation is 2. The Hall–Kier alpha value is -2.14. The van der Waals surface area contributed by atoms with Crippen LogP contribution >= 0.6 is 0 Å². The van der Waals surface area contributed by atoms with Gasteiger partial charge < -0.3 is 14.4 Å². The van der Waals surface area contributed by atoms with Crippen LogP contribution in [-0.4, -0.2) is 35.2 Å². The molecule has 5 nitrogen and oxygen atoms in total. The van der Waals surface area contributed by atoms with Crippen molar-refractivity contribution in [1.82, 2.24) is 9.88 Å². The molecule has 0 bridgehead atoms. The topological polar surface area (TPSA) is 51.7 Å². The molecule has 2 aliphatic rings. The second-order valence-electron chi connectivity index (χ2n) is 6.48. The minimum atomic E-state index is -0.329. The van der Waals surface area contributed by atoms with E-state index in [-0.39, 0.29) is 12.2 Å². The molecule has 2 aromatic rings. The van der Waals surface area contributed by atoms with Gasteiger partial charge in [0.05, 0.1) is 24.7 Å². The van der Waals surface area contributed by atoms with Crippen molar-refractivity contribution < 1.29 is 14.3 Å². The van der Waals surface area contributed by atoms with E-state index in [0.717, 1.165) is 41.5 Å². The van der Waals surface area contributed by atoms with Gasteiger partial charge in [0, 0.05) is 17.6 Å². The summed E-state index contributed by atoms with van der Waals surface area (Å²) in [7, 11) is 0. The summed E-state index contributed by atoms with van der Waals surface area (Å²) in [4.78, 5) is 18.5. The van der Waals surface area contributed by atoms with Gasteiger partial charge in [-0.1, -0.05) is 6.07 Å². The van der Waals surface area contributed by atoms with Crippen LogP contribution in [0.1, 0.15) is 29.5 Å². The summed E-state index contributed by atoms with van der Waals surface area (Å²) < 4.78 is 11.1. The summed E-state index contributed by atoms with van der Waals surface area (Å²) in [5.74, 6) is 0.441. The first kappa shape index (κ1) is 14.5. The standard InChI is InChI=1S/C18H20N2O3/c1-11-6-12(2)15-8-13-9-20(10-14-4-3-5-22-14)18(21)23-17(13)19-16(15)7-11/h6-8,14H,3-5,9-10H2,1-2H3. The Morgan fingerprint density at radius 3 is 2.96 bits per heavy atom. The second kappa shape index (κ2) is 5.49. The number of aromatic nitrogens is 1. The molecule has 2 aliphatic heterocycles. The number of hydrogen-bond acceptors (Lipinski definition) is 4. The van der Waals surface area contributed by atoms with E-state index >= 15 is 0 Å². The first-order chi connectivity index (χ1) is 11.1. The number of hydrogen-bond donors (Lipinski definition) is 0. The van der Waals surface area contributed by atoms with Gasteiger partial charge in [-0.2, -0.15) is 0 Å². The minimum Gasteiger partial charge on any atom is -0.391 e. The van der Waals surface area contributed by atoms with E-state index in [0.29, 0.717) is 19.0 Å². The molecule has 1 aromatic heterocycles. The zero-order valence-electron chi connectivity index (χ0n) is 13.5. The molecule has 0 N–H and O–H groups in total. The van der Waals surface area contributed by atoms with Crippen LogP contribution in [0.4, 0.5) is 4.79 Å². The highest BCUT2D eigenvalue weighted by atomic mass is 16.6. The highest BCUT2D eigenvalue weighted by Crippen LogP contribution is 2.30. The van der Waals surface area contributed by atoms with Crippen molar-refractivity contribution in [3.63, 3.8) is 0 Å². The van der Waals surface area contributed by atoms with Gasteiger partial charge in [-0.15, -0.1) is 0 Å². The number of carbonyl (C=O) groups is 1. The van der Waals surface area contributed by atoms with Crippen molar-refractivity contribution >= 4 is 17.0 Å². The van der Waals surface area contributed by atoms with Crippen LogP contribution in [0, 0.1) is 13.8 Å². The summed E-state index contributed by atoms with van der Waals surface area (Å²) in [5, 5.41) is 1.12. The first-order valence-electron chi connectivity index (χ1n) is 8.09. The Labute approximate surface area is 135 Å². The maximum atomic E-state index is 12.2. The van der Waals surface area contributed by atoms with Gasteiger partial charge in [-0.05, 0) is 49.9 Å². The maximum Gasteiger partial charge on any atom is 0.416 e. The largest absolute Gasteiger partial charge is 0.416 e. The molecule has 120 valence electrons. The molecule has 0 aliphatic carbocycles. The van der Waals surface area contributed by atoms with Crippen LogP contribution < -0.4 is 4.74 Å². The van der Waals surface area contributed by atoms with Crippen molar-refractivity contribution in [2.75, 3.05) is 13.2 Å². The summed E-state index contributed by atoms with van der Waals surface area (Å²) in [6, 6.07) is 6.27. The third kappa shape index (κ3) is 2.65. The average molecular weight is 312 g/mol. The first-order valence-corrected chi connectivity index (χ1v) is 8.09. The number of rotatable bonds is 2. The van der Waals surface area contributed by atoms with E-state index in [4.69, 9.17) is 9.47 Å². The number of pyridine rings is 1. The van der Waals surface area contributed by atoms with Crippen LogP contribution in [0.5, 0.6) is 5.88 Å². The predicted molar refractivity (Wildman–Crippen MR) is 86.6 cm³/mol. The molecule has 1 fully saturated rings. The van der Waals surface area contributed by atoms with Crippen LogP contribution in [0.25, 0.3) is 10.9 Å². The van der Waals surface area contributed by atoms with E-state index in [9.17, 15) is 4.79 Å². The van der Waals surface area contributed by atoms with Gasteiger partial charge in [-0.25, -0.2) is 9.78 Å². The van der Waals surface area contributed by atoms with Crippen molar-refractivity contribution in [1.29, 1.82) is 0 Å². The van der Waals surface area contributed by atoms with E-state index in [2.05, 4.69) is 24.0 Å². The molecule has 5 heteroatoms. The lowest BCUT2D eigenvalue weighted by Crippen LogP contribution is -2.41. The molecule has 0 spiro atoms. The van der Waals surface area contributed by atoms with E-state index in [1.54, 1.807) is 4.90 Å². The molecular formula is C18H20N2O3. The van der Waals surface area contributed by atoms with Gasteiger partial charge in [-0.3, -0.25) is 0 Å². The summed E-state index contributed by atoms with van der Waals surface area (Å²) in [5.41, 5.74) is 4.19. The highest BCUT2D eigenvalue weighted by molar-refractivity contribution is 5.85. The van der Waals surface area contributed by atoms with E-state index < -0.39 is 0 Å². The number of nitrogens with zero attached hydrogens (tertiary/aromatic N) is 2. The molecule has 1 aromatic carbocycles. The molecule has 0 radical (unpaired) electrons. The monoisotopic (exact) mass is 312 g/mol. The number of benzene rings is 1. The smallest absolute Gasteiger partial charge is 0.391 e. The summed E-state index contributed by atoms with van der Waals surface area (Å²) in [6.07, 6.45) is 1.87. The minimum absolute atomic E-state index is 0.127. The fourth-order valence-electron chi connectivity index (χ4n) is 3.45. The highest BCUT2D eigenvalue weighted by Gasteiger charge is 2.30. The Morgan fingerprint density at radius 2 is 2.17 bits per heavy atom. The molecule has 3 heterocycles. The van der Waals surface area contributed by atoms with Crippen LogP contribution in [0.3, 0.4) is 0 Å². The normalized spacial score (nSPS) is 20.7. The van der Waals surface area contributed by atoms with Gasteiger partial charge >= 0.3 is 6.09 Å². The van der Waals surface area contributed by atoms with Crippen molar-refractivity contribution in [2.24, 2.45) is 0 Å². The average Bonchev–Trinajstić information content (AvgIpc) is 3.00. The Balaban J connectivity index is 1.67. The van der Waals surface area contributed by atoms with Crippen molar-refractivity contribution in [3.05, 3.63) is 34.9 Å². The molecule has 0 saturated carbocycles. The predicted octanol–water partition coefficient (Wildman–Crippen LogP) is 3.35. The Morgan fingerprint density at radius 1 is 1.30 bits per heavy atom. The lowest BCUT2D eigenvalue weighted by atomic mass is 10.0. The lowest BCUT2D eigenvalue weighted by molar-refractivity contribution is 0.0641. The third-order valence-electron chi connectivity index (χ3n) is 4.58. The fraction of sp³-hybridized carbons (Fsp3) is 0.444. The SMILES string of the molecule is Cc1cc(C)c2cc3c(nc2c1)OC(=O)N(CC1CCCO1)C3. The molecule has 4 rings (SSSR count). The van der Waals surface area contributed by atoms with Crippen LogP contribution in [-0.2, 0) is 11.3 Å². The fourth-order valence-corrected chi connectivity index (χ4v) is 3.45. The zero-order chi connectivity index (χ0) is 16.0. The van der Waals surface area contributed by atoms with Gasteiger partial charge in [0.15, 0.2) is 0 Å². The molecule has 1 saturated heterocycles. The third-order valence-corrected chi connectivity index (χ3v) is 4.58. The maximum absolute atomic E-state index is 12.2. The number of ether oxygens (including phenoxy) is 2. The molecule has 1 amide bonds. The van der Waals surface area contributed by atoms with Gasteiger partial charge in [0.2, 0.25) is 5.88 Å². The Kier molecular flexibility index (Phi) is 3.45. The van der Waals surface area contributed by atoms with Gasteiger partial charge in [0.1, 0.15) is 0 Å². The van der Waals surface area contributed by atoms with E-state index in [1.807, 2.05) is 13.0 Å². The van der Waals surface area contributed by atoms with Gasteiger partial charge in [0.25, 0.3) is 0 Å². The summed E-state index contributed by atoms with van der Waals surface area (Å²) >= 11 is 0. The zero-order valence-corrected chi connectivity index (χ0v) is 13.5. The Bertz CT molecular complexity index is 781. The van der Waals surface area contributed by atoms with Crippen LogP contribution in [0.15, 0.2) is 18.2 Å². The number of amides is 1. The van der Waals surface area contributed by atoms with E-state index in [1.165, 1.54) is 5.56 Å².